The second kappa shape index (κ2) is 12.8. The fourth-order valence-corrected chi connectivity index (χ4v) is 4.31. The zero-order valence-electron chi connectivity index (χ0n) is 18.9. The number of amides is 3. The van der Waals surface area contributed by atoms with E-state index >= 15 is 0 Å². The van der Waals surface area contributed by atoms with E-state index < -0.39 is 45.6 Å². The molecule has 1 saturated carbocycles. The van der Waals surface area contributed by atoms with Crippen molar-refractivity contribution in [3.05, 3.63) is 35.9 Å². The molecule has 11 nitrogen and oxygen atoms in total. The zero-order valence-corrected chi connectivity index (χ0v) is 21.8. The van der Waals surface area contributed by atoms with Crippen LogP contribution in [0.1, 0.15) is 37.7 Å². The number of ether oxygens (including phenoxy) is 1. The smallest absolute Gasteiger partial charge is 0.746 e. The van der Waals surface area contributed by atoms with Gasteiger partial charge < -0.3 is 30.3 Å². The van der Waals surface area contributed by atoms with Gasteiger partial charge in [-0.05, 0) is 30.7 Å². The molecule has 0 aromatic heterocycles. The van der Waals surface area contributed by atoms with E-state index in [0.29, 0.717) is 19.4 Å². The SMILES string of the molecule is O=C(N[C@@H](CC1CC1)C(=O)N[C@@H](C[C@@H]1CCNC1=O)C(O)S(=O)(=O)[O-])OCc1ccccc1.[Na+]. The number of hydrogen-bond donors (Lipinski definition) is 4. The Morgan fingerprint density at radius 2 is 1.82 bits per heavy atom. The van der Waals surface area contributed by atoms with Gasteiger partial charge in [0.05, 0.1) is 6.04 Å². The van der Waals surface area contributed by atoms with Crippen molar-refractivity contribution in [3.8, 4) is 0 Å². The van der Waals surface area contributed by atoms with Crippen molar-refractivity contribution >= 4 is 28.0 Å². The number of benzene rings is 1. The quantitative estimate of drug-likeness (QED) is 0.181. The average Bonchev–Trinajstić information content (AvgIpc) is 3.50. The third kappa shape index (κ3) is 8.82. The van der Waals surface area contributed by atoms with Crippen LogP contribution in [-0.4, -0.2) is 60.0 Å². The van der Waals surface area contributed by atoms with E-state index in [0.717, 1.165) is 18.4 Å². The maximum Gasteiger partial charge on any atom is 1.00 e. The monoisotopic (exact) mass is 505 g/mol. The molecule has 0 radical (unpaired) electrons. The molecule has 1 aliphatic heterocycles. The second-order valence-electron chi connectivity index (χ2n) is 8.45. The largest absolute Gasteiger partial charge is 1.00 e. The molecule has 1 aromatic carbocycles. The van der Waals surface area contributed by atoms with Crippen molar-refractivity contribution in [2.24, 2.45) is 11.8 Å². The van der Waals surface area contributed by atoms with Crippen LogP contribution in [0.4, 0.5) is 4.79 Å². The van der Waals surface area contributed by atoms with Gasteiger partial charge in [-0.3, -0.25) is 9.59 Å². The number of rotatable bonds is 11. The summed E-state index contributed by atoms with van der Waals surface area (Å²) < 4.78 is 39.4. The standard InChI is InChI=1S/C21H29N3O8S.Na/c25-18-15(8-9-22-18)11-17(20(27)33(29,30)31)23-19(26)16(10-13-6-7-13)24-21(28)32-12-14-4-2-1-3-5-14;/h1-5,13,15-17,20,27H,6-12H2,(H,22,25)(H,23,26)(H,24,28)(H,29,30,31);/q;+1/p-1/t15-,16-,17-,20?;/m0./s1. The van der Waals surface area contributed by atoms with Gasteiger partial charge in [0, 0.05) is 12.5 Å². The zero-order chi connectivity index (χ0) is 24.0. The van der Waals surface area contributed by atoms with Gasteiger partial charge in [0.15, 0.2) is 5.44 Å². The van der Waals surface area contributed by atoms with Crippen molar-refractivity contribution in [2.75, 3.05) is 6.54 Å². The number of carbonyl (C=O) groups is 3. The van der Waals surface area contributed by atoms with Crippen molar-refractivity contribution in [3.63, 3.8) is 0 Å². The summed E-state index contributed by atoms with van der Waals surface area (Å²) in [5, 5.41) is 17.5. The van der Waals surface area contributed by atoms with Gasteiger partial charge in [-0.15, -0.1) is 0 Å². The van der Waals surface area contributed by atoms with Gasteiger partial charge in [-0.1, -0.05) is 43.2 Å². The normalized spacial score (nSPS) is 20.3. The van der Waals surface area contributed by atoms with E-state index in [9.17, 15) is 32.5 Å². The number of carbonyl (C=O) groups excluding carboxylic acids is 3. The summed E-state index contributed by atoms with van der Waals surface area (Å²) in [6.07, 6.45) is 1.38. The van der Waals surface area contributed by atoms with Crippen LogP contribution >= 0.6 is 0 Å². The van der Waals surface area contributed by atoms with E-state index in [1.165, 1.54) is 0 Å². The third-order valence-electron chi connectivity index (χ3n) is 5.76. The maximum atomic E-state index is 12.9. The topological polar surface area (TPSA) is 174 Å². The first kappa shape index (κ1) is 28.5. The van der Waals surface area contributed by atoms with Crippen LogP contribution < -0.4 is 45.5 Å². The van der Waals surface area contributed by atoms with Gasteiger partial charge in [0.25, 0.3) is 0 Å². The summed E-state index contributed by atoms with van der Waals surface area (Å²) in [5.74, 6) is -1.55. The summed E-state index contributed by atoms with van der Waals surface area (Å²) >= 11 is 0. The van der Waals surface area contributed by atoms with Gasteiger partial charge in [0.2, 0.25) is 11.8 Å². The molecule has 1 heterocycles. The molecule has 182 valence electrons. The van der Waals surface area contributed by atoms with Gasteiger partial charge >= 0.3 is 35.7 Å². The predicted octanol–water partition coefficient (Wildman–Crippen LogP) is -3.04. The Balaban J connectivity index is 0.00000408. The summed E-state index contributed by atoms with van der Waals surface area (Å²) in [4.78, 5) is 37.1. The Labute approximate surface area is 220 Å². The van der Waals surface area contributed by atoms with Crippen LogP contribution in [0.25, 0.3) is 0 Å². The predicted molar refractivity (Wildman–Crippen MR) is 114 cm³/mol. The summed E-state index contributed by atoms with van der Waals surface area (Å²) in [5.41, 5.74) is -1.67. The van der Waals surface area contributed by atoms with Gasteiger partial charge in [0.1, 0.15) is 22.8 Å². The molecule has 0 spiro atoms. The van der Waals surface area contributed by atoms with E-state index in [1.807, 2.05) is 6.07 Å². The molecule has 34 heavy (non-hydrogen) atoms. The van der Waals surface area contributed by atoms with Crippen LogP contribution in [-0.2, 0) is 31.1 Å². The summed E-state index contributed by atoms with van der Waals surface area (Å²) in [6.45, 7) is 0.375. The molecule has 1 unspecified atom stereocenters. The average molecular weight is 506 g/mol. The Bertz CT molecular complexity index is 958. The van der Waals surface area contributed by atoms with Gasteiger partial charge in [-0.25, -0.2) is 13.2 Å². The molecular weight excluding hydrogens is 477 g/mol. The summed E-state index contributed by atoms with van der Waals surface area (Å²) in [7, 11) is -5.16. The third-order valence-corrected chi connectivity index (χ3v) is 6.68. The fourth-order valence-electron chi connectivity index (χ4n) is 3.73. The van der Waals surface area contributed by atoms with Crippen LogP contribution in [0.2, 0.25) is 0 Å². The van der Waals surface area contributed by atoms with E-state index in [2.05, 4.69) is 16.0 Å². The van der Waals surface area contributed by atoms with Crippen LogP contribution in [0.3, 0.4) is 0 Å². The van der Waals surface area contributed by atoms with Crippen molar-refractivity contribution in [2.45, 2.75) is 56.2 Å². The molecule has 3 amide bonds. The van der Waals surface area contributed by atoms with Crippen LogP contribution in [0.5, 0.6) is 0 Å². The Kier molecular flexibility index (Phi) is 10.8. The molecule has 2 fully saturated rings. The number of alkyl carbamates (subject to hydrolysis) is 1. The fraction of sp³-hybridized carbons (Fsp3) is 0.571. The minimum absolute atomic E-state index is 0. The molecule has 3 rings (SSSR count). The molecule has 0 bridgehead atoms. The van der Waals surface area contributed by atoms with E-state index in [1.54, 1.807) is 24.3 Å². The van der Waals surface area contributed by atoms with Crippen LogP contribution in [0.15, 0.2) is 30.3 Å². The Hall–Kier alpha value is -1.70. The van der Waals surface area contributed by atoms with Crippen molar-refractivity contribution in [1.82, 2.24) is 16.0 Å². The number of hydrogen-bond acceptors (Lipinski definition) is 8. The molecule has 13 heteroatoms. The molecule has 1 aromatic rings. The minimum atomic E-state index is -5.16. The molecular formula is C21H28N3NaO8S. The molecule has 1 aliphatic carbocycles. The van der Waals surface area contributed by atoms with Gasteiger partial charge in [-0.2, -0.15) is 0 Å². The second-order valence-corrected chi connectivity index (χ2v) is 9.92. The molecule has 4 N–H and O–H groups in total. The van der Waals surface area contributed by atoms with Crippen LogP contribution in [0, 0.1) is 11.8 Å². The Morgan fingerprint density at radius 3 is 2.38 bits per heavy atom. The molecule has 1 saturated heterocycles. The molecule has 2 aliphatic rings. The first-order valence-corrected chi connectivity index (χ1v) is 12.3. The van der Waals surface area contributed by atoms with Crippen molar-refractivity contribution in [1.29, 1.82) is 0 Å². The number of aliphatic hydroxyl groups excluding tert-OH is 1. The number of nitrogens with one attached hydrogen (secondary N) is 3. The first-order valence-electron chi connectivity index (χ1n) is 10.8. The first-order chi connectivity index (χ1) is 15.6. The van der Waals surface area contributed by atoms with E-state index in [-0.39, 0.29) is 54.4 Å². The minimum Gasteiger partial charge on any atom is -0.746 e. The summed E-state index contributed by atoms with van der Waals surface area (Å²) in [6, 6.07) is 6.40. The Morgan fingerprint density at radius 1 is 1.15 bits per heavy atom. The van der Waals surface area contributed by atoms with Crippen molar-refractivity contribution < 1.29 is 66.8 Å². The number of aliphatic hydroxyl groups is 1. The van der Waals surface area contributed by atoms with E-state index in [4.69, 9.17) is 4.74 Å². The molecule has 4 atom stereocenters. The maximum absolute atomic E-state index is 12.9.